The van der Waals surface area contributed by atoms with Crippen molar-refractivity contribution in [2.24, 2.45) is 0 Å². The molecule has 1 atom stereocenters. The zero-order valence-electron chi connectivity index (χ0n) is 14.6. The van der Waals surface area contributed by atoms with Crippen molar-refractivity contribution in [1.29, 1.82) is 0 Å². The summed E-state index contributed by atoms with van der Waals surface area (Å²) in [6.45, 7) is 7.02. The van der Waals surface area contributed by atoms with Crippen LogP contribution < -0.4 is 0 Å². The maximum absolute atomic E-state index is 5.72. The fraction of sp³-hybridized carbons (Fsp3) is 0.368. The molecule has 0 saturated heterocycles. The van der Waals surface area contributed by atoms with Gasteiger partial charge in [0.05, 0.1) is 6.67 Å². The topological polar surface area (TPSA) is 26.0 Å². The number of benzene rings is 1. The van der Waals surface area contributed by atoms with Crippen molar-refractivity contribution in [3.8, 4) is 11.4 Å². The third kappa shape index (κ3) is 2.99. The predicted molar refractivity (Wildman–Crippen MR) is 105 cm³/mol. The zero-order valence-corrected chi connectivity index (χ0v) is 16.2. The van der Waals surface area contributed by atoms with Gasteiger partial charge in [0.2, 0.25) is 0 Å². The van der Waals surface area contributed by atoms with Gasteiger partial charge in [-0.15, -0.1) is 11.3 Å². The average Bonchev–Trinajstić information content (AvgIpc) is 3.23. The second-order valence-corrected chi connectivity index (χ2v) is 7.76. The third-order valence-corrected chi connectivity index (χ3v) is 6.42. The first kappa shape index (κ1) is 16.7. The molecular weight excluding hydrogens is 348 g/mol. The summed E-state index contributed by atoms with van der Waals surface area (Å²) in [5.74, 6) is 0.953. The summed E-state index contributed by atoms with van der Waals surface area (Å²) >= 11 is 7.59. The largest absolute Gasteiger partial charge is 0.300 e. The minimum absolute atomic E-state index is 0.406. The van der Waals surface area contributed by atoms with Crippen LogP contribution in [0.5, 0.6) is 0 Å². The van der Waals surface area contributed by atoms with Gasteiger partial charge in [-0.25, -0.2) is 4.68 Å². The van der Waals surface area contributed by atoms with E-state index in [0.29, 0.717) is 6.04 Å². The van der Waals surface area contributed by atoms with Gasteiger partial charge in [0.25, 0.3) is 0 Å². The Labute approximate surface area is 157 Å². The summed E-state index contributed by atoms with van der Waals surface area (Å²) < 4.78 is 4.90. The molecule has 2 aromatic heterocycles. The minimum atomic E-state index is 0.406. The fourth-order valence-electron chi connectivity index (χ4n) is 3.55. The fourth-order valence-corrected chi connectivity index (χ4v) is 4.82. The predicted octanol–water partition coefficient (Wildman–Crippen LogP) is 4.74. The smallest absolute Gasteiger partial charge is 0.199 e. The van der Waals surface area contributed by atoms with Gasteiger partial charge >= 0.3 is 0 Å². The molecule has 130 valence electrons. The Morgan fingerprint density at radius 2 is 2.04 bits per heavy atom. The molecule has 4 nitrogen and oxygen atoms in total. The third-order valence-electron chi connectivity index (χ3n) is 4.99. The number of fused-ring (bicyclic) bond motifs is 1. The Morgan fingerprint density at radius 1 is 1.24 bits per heavy atom. The molecular formula is C19H22N4S2. The van der Waals surface area contributed by atoms with Crippen LogP contribution >= 0.6 is 23.6 Å². The average molecular weight is 371 g/mol. The molecule has 6 heteroatoms. The van der Waals surface area contributed by atoms with Crippen LogP contribution in [0.25, 0.3) is 11.4 Å². The Morgan fingerprint density at radius 3 is 2.80 bits per heavy atom. The van der Waals surface area contributed by atoms with E-state index >= 15 is 0 Å². The van der Waals surface area contributed by atoms with Crippen molar-refractivity contribution in [3.05, 3.63) is 57.0 Å². The van der Waals surface area contributed by atoms with Crippen molar-refractivity contribution in [2.45, 2.75) is 39.5 Å². The molecule has 1 aromatic carbocycles. The molecule has 0 unspecified atom stereocenters. The molecule has 1 aliphatic heterocycles. The highest BCUT2D eigenvalue weighted by Gasteiger charge is 2.25. The van der Waals surface area contributed by atoms with E-state index in [1.165, 1.54) is 10.4 Å². The first-order valence-electron chi connectivity index (χ1n) is 8.72. The SMILES string of the molecule is CCn1c(-c2ccccc2)nn(CN2CCc3sccc3[C@H]2C)c1=S. The maximum atomic E-state index is 5.72. The Hall–Kier alpha value is -1.76. The van der Waals surface area contributed by atoms with Gasteiger partial charge < -0.3 is 4.57 Å². The number of hydrogen-bond donors (Lipinski definition) is 0. The van der Waals surface area contributed by atoms with Gasteiger partial charge in [0.15, 0.2) is 10.6 Å². The molecule has 0 amide bonds. The summed E-state index contributed by atoms with van der Waals surface area (Å²) in [5, 5.41) is 7.06. The van der Waals surface area contributed by atoms with Crippen molar-refractivity contribution in [1.82, 2.24) is 19.2 Å². The summed E-state index contributed by atoms with van der Waals surface area (Å²) in [7, 11) is 0. The van der Waals surface area contributed by atoms with E-state index in [0.717, 1.165) is 42.3 Å². The van der Waals surface area contributed by atoms with Gasteiger partial charge in [-0.3, -0.25) is 4.90 Å². The summed E-state index contributed by atoms with van der Waals surface area (Å²) in [4.78, 5) is 3.99. The van der Waals surface area contributed by atoms with E-state index in [1.54, 1.807) is 0 Å². The highest BCUT2D eigenvalue weighted by molar-refractivity contribution is 7.71. The number of thiophene rings is 1. The monoisotopic (exact) mass is 370 g/mol. The number of aromatic nitrogens is 3. The maximum Gasteiger partial charge on any atom is 0.199 e. The molecule has 25 heavy (non-hydrogen) atoms. The van der Waals surface area contributed by atoms with E-state index in [2.05, 4.69) is 46.9 Å². The molecule has 0 radical (unpaired) electrons. The van der Waals surface area contributed by atoms with Gasteiger partial charge in [0.1, 0.15) is 0 Å². The van der Waals surface area contributed by atoms with Crippen molar-refractivity contribution in [3.63, 3.8) is 0 Å². The second kappa shape index (κ2) is 6.86. The Kier molecular flexibility index (Phi) is 4.58. The first-order chi connectivity index (χ1) is 12.2. The zero-order chi connectivity index (χ0) is 17.4. The molecule has 0 saturated carbocycles. The molecule has 0 bridgehead atoms. The van der Waals surface area contributed by atoms with E-state index in [4.69, 9.17) is 17.3 Å². The van der Waals surface area contributed by atoms with Crippen LogP contribution in [0.2, 0.25) is 0 Å². The molecule has 0 fully saturated rings. The minimum Gasteiger partial charge on any atom is -0.300 e. The number of hydrogen-bond acceptors (Lipinski definition) is 4. The summed E-state index contributed by atoms with van der Waals surface area (Å²) in [6.07, 6.45) is 1.12. The molecule has 1 aliphatic rings. The van der Waals surface area contributed by atoms with Gasteiger partial charge in [-0.1, -0.05) is 30.3 Å². The van der Waals surface area contributed by atoms with Crippen LogP contribution in [0.3, 0.4) is 0 Å². The van der Waals surface area contributed by atoms with Crippen LogP contribution in [-0.2, 0) is 19.6 Å². The Bertz CT molecular complexity index is 923. The lowest BCUT2D eigenvalue weighted by atomic mass is 10.0. The lowest BCUT2D eigenvalue weighted by molar-refractivity contribution is 0.144. The lowest BCUT2D eigenvalue weighted by Crippen LogP contribution is -2.35. The van der Waals surface area contributed by atoms with Gasteiger partial charge in [0, 0.05) is 29.6 Å². The Balaban J connectivity index is 1.66. The summed E-state index contributed by atoms with van der Waals surface area (Å²) in [6, 6.07) is 13.0. The lowest BCUT2D eigenvalue weighted by Gasteiger charge is -2.33. The summed E-state index contributed by atoms with van der Waals surface area (Å²) in [5.41, 5.74) is 2.57. The quantitative estimate of drug-likeness (QED) is 0.621. The highest BCUT2D eigenvalue weighted by atomic mass is 32.1. The standard InChI is InChI=1S/C19H22N4S2/c1-3-22-18(15-7-5-4-6-8-15)20-23(19(22)24)13-21-11-9-17-16(14(21)2)10-12-25-17/h4-8,10,12,14H,3,9,11,13H2,1-2H3/t14-/m1/s1. The number of nitrogens with zero attached hydrogens (tertiary/aromatic N) is 4. The molecule has 0 spiro atoms. The molecule has 0 aliphatic carbocycles. The molecule has 3 heterocycles. The van der Waals surface area contributed by atoms with E-state index < -0.39 is 0 Å². The van der Waals surface area contributed by atoms with Crippen molar-refractivity contribution in [2.75, 3.05) is 6.54 Å². The molecule has 4 rings (SSSR count). The van der Waals surface area contributed by atoms with Crippen LogP contribution in [0.4, 0.5) is 0 Å². The molecule has 3 aromatic rings. The normalized spacial score (nSPS) is 17.6. The van der Waals surface area contributed by atoms with Gasteiger partial charge in [-0.05, 0) is 49.5 Å². The molecule has 0 N–H and O–H groups in total. The first-order valence-corrected chi connectivity index (χ1v) is 10.0. The van der Waals surface area contributed by atoms with E-state index in [1.807, 2.05) is 34.2 Å². The van der Waals surface area contributed by atoms with E-state index in [-0.39, 0.29) is 0 Å². The number of rotatable bonds is 4. The van der Waals surface area contributed by atoms with Crippen LogP contribution in [0.1, 0.15) is 30.3 Å². The van der Waals surface area contributed by atoms with Crippen LogP contribution in [0.15, 0.2) is 41.8 Å². The van der Waals surface area contributed by atoms with Crippen LogP contribution in [0, 0.1) is 4.77 Å². The highest BCUT2D eigenvalue weighted by Crippen LogP contribution is 2.33. The van der Waals surface area contributed by atoms with Crippen LogP contribution in [-0.4, -0.2) is 25.8 Å². The van der Waals surface area contributed by atoms with Crippen molar-refractivity contribution < 1.29 is 0 Å². The van der Waals surface area contributed by atoms with E-state index in [9.17, 15) is 0 Å². The van der Waals surface area contributed by atoms with Crippen molar-refractivity contribution >= 4 is 23.6 Å². The van der Waals surface area contributed by atoms with Gasteiger partial charge in [-0.2, -0.15) is 5.10 Å². The second-order valence-electron chi connectivity index (χ2n) is 6.39.